The molecule has 21 heavy (non-hydrogen) atoms. The van der Waals surface area contributed by atoms with Gasteiger partial charge in [0.2, 0.25) is 0 Å². The summed E-state index contributed by atoms with van der Waals surface area (Å²) in [7, 11) is -0.926. The van der Waals surface area contributed by atoms with Gasteiger partial charge in [0.25, 0.3) is 10.0 Å². The fourth-order valence-electron chi connectivity index (χ4n) is 1.55. The quantitative estimate of drug-likeness (QED) is 0.901. The Morgan fingerprint density at radius 3 is 2.38 bits per heavy atom. The van der Waals surface area contributed by atoms with Crippen molar-refractivity contribution in [3.05, 3.63) is 35.7 Å². The summed E-state index contributed by atoms with van der Waals surface area (Å²) in [6.07, 6.45) is 2.47. The summed E-state index contributed by atoms with van der Waals surface area (Å²) in [6.45, 7) is 0. The second kappa shape index (κ2) is 6.15. The molecule has 9 heteroatoms. The first-order chi connectivity index (χ1) is 9.96. The Labute approximate surface area is 126 Å². The molecule has 2 aromatic rings. The lowest BCUT2D eigenvalue weighted by Gasteiger charge is -2.11. The molecule has 1 aromatic heterocycles. The second-order valence-electron chi connectivity index (χ2n) is 3.85. The molecule has 1 N–H and O–H groups in total. The number of aromatic nitrogens is 2. The van der Waals surface area contributed by atoms with E-state index in [1.807, 2.05) is 0 Å². The van der Waals surface area contributed by atoms with E-state index in [0.717, 1.165) is 0 Å². The van der Waals surface area contributed by atoms with Crippen LogP contribution in [-0.2, 0) is 10.0 Å². The van der Waals surface area contributed by atoms with Crippen molar-refractivity contribution in [3.63, 3.8) is 0 Å². The molecule has 0 aliphatic carbocycles. The molecule has 2 rings (SSSR count). The van der Waals surface area contributed by atoms with Crippen LogP contribution >= 0.6 is 11.6 Å². The largest absolute Gasteiger partial charge is 0.493 e. The van der Waals surface area contributed by atoms with Gasteiger partial charge in [0, 0.05) is 6.07 Å². The third-order valence-electron chi connectivity index (χ3n) is 2.52. The maximum absolute atomic E-state index is 12.2. The summed E-state index contributed by atoms with van der Waals surface area (Å²) in [5, 5.41) is 0.170. The van der Waals surface area contributed by atoms with Gasteiger partial charge in [0.15, 0.2) is 17.3 Å². The van der Waals surface area contributed by atoms with Crippen LogP contribution in [-0.4, -0.2) is 32.6 Å². The van der Waals surface area contributed by atoms with Crippen molar-refractivity contribution in [2.24, 2.45) is 0 Å². The molecular formula is C12H12ClN3O4S. The molecule has 0 aliphatic heterocycles. The van der Waals surface area contributed by atoms with E-state index in [1.54, 1.807) is 0 Å². The minimum absolute atomic E-state index is 0.0110. The van der Waals surface area contributed by atoms with Crippen LogP contribution in [0.5, 0.6) is 11.5 Å². The average molecular weight is 330 g/mol. The molecule has 0 saturated carbocycles. The van der Waals surface area contributed by atoms with Gasteiger partial charge in [-0.3, -0.25) is 4.72 Å². The van der Waals surface area contributed by atoms with Crippen LogP contribution in [0, 0.1) is 0 Å². The standard InChI is InChI=1S/C12H12ClN3O4S/c1-19-9-4-3-8(5-10(9)20-2)21(17,18)16-12-7-14-11(13)6-15-12/h3-7H,1-2H3,(H,15,16). The SMILES string of the molecule is COc1ccc(S(=O)(=O)Nc2cnc(Cl)cn2)cc1OC. The lowest BCUT2D eigenvalue weighted by molar-refractivity contribution is 0.354. The number of anilines is 1. The molecule has 0 aliphatic rings. The van der Waals surface area contributed by atoms with E-state index in [-0.39, 0.29) is 15.9 Å². The summed E-state index contributed by atoms with van der Waals surface area (Å²) in [4.78, 5) is 7.58. The number of nitrogens with one attached hydrogen (secondary N) is 1. The van der Waals surface area contributed by atoms with Gasteiger partial charge in [-0.25, -0.2) is 18.4 Å². The van der Waals surface area contributed by atoms with Gasteiger partial charge in [-0.15, -0.1) is 0 Å². The molecule has 0 saturated heterocycles. The van der Waals surface area contributed by atoms with E-state index in [9.17, 15) is 8.42 Å². The Morgan fingerprint density at radius 2 is 1.81 bits per heavy atom. The summed E-state index contributed by atoms with van der Waals surface area (Å²) in [6, 6.07) is 4.25. The minimum Gasteiger partial charge on any atom is -0.493 e. The van der Waals surface area contributed by atoms with Crippen LogP contribution in [0.4, 0.5) is 5.82 Å². The minimum atomic E-state index is -3.81. The number of hydrogen-bond donors (Lipinski definition) is 1. The van der Waals surface area contributed by atoms with Gasteiger partial charge in [-0.1, -0.05) is 11.6 Å². The van der Waals surface area contributed by atoms with Crippen LogP contribution in [0.15, 0.2) is 35.5 Å². The van der Waals surface area contributed by atoms with E-state index in [1.165, 1.54) is 44.8 Å². The topological polar surface area (TPSA) is 90.4 Å². The molecule has 0 amide bonds. The van der Waals surface area contributed by atoms with Crippen LogP contribution in [0.25, 0.3) is 0 Å². The molecule has 0 unspecified atom stereocenters. The highest BCUT2D eigenvalue weighted by atomic mass is 35.5. The number of rotatable bonds is 5. The van der Waals surface area contributed by atoms with Gasteiger partial charge >= 0.3 is 0 Å². The first-order valence-corrected chi connectivity index (χ1v) is 7.55. The number of sulfonamides is 1. The van der Waals surface area contributed by atoms with Gasteiger partial charge in [-0.05, 0) is 12.1 Å². The van der Waals surface area contributed by atoms with E-state index in [0.29, 0.717) is 11.5 Å². The van der Waals surface area contributed by atoms with Gasteiger partial charge in [0.05, 0.1) is 31.5 Å². The number of halogens is 1. The molecule has 0 bridgehead atoms. The van der Waals surface area contributed by atoms with E-state index >= 15 is 0 Å². The molecule has 0 radical (unpaired) electrons. The van der Waals surface area contributed by atoms with Crippen molar-refractivity contribution in [1.82, 2.24) is 9.97 Å². The van der Waals surface area contributed by atoms with Crippen LogP contribution < -0.4 is 14.2 Å². The number of methoxy groups -OCH3 is 2. The van der Waals surface area contributed by atoms with Crippen molar-refractivity contribution in [2.45, 2.75) is 4.90 Å². The van der Waals surface area contributed by atoms with Gasteiger partial charge in [-0.2, -0.15) is 0 Å². The van der Waals surface area contributed by atoms with Crippen molar-refractivity contribution in [1.29, 1.82) is 0 Å². The maximum Gasteiger partial charge on any atom is 0.263 e. The van der Waals surface area contributed by atoms with Crippen molar-refractivity contribution in [2.75, 3.05) is 18.9 Å². The van der Waals surface area contributed by atoms with Gasteiger partial charge in [0.1, 0.15) is 5.15 Å². The molecule has 7 nitrogen and oxygen atoms in total. The number of nitrogens with zero attached hydrogens (tertiary/aromatic N) is 2. The number of ether oxygens (including phenoxy) is 2. The predicted molar refractivity (Wildman–Crippen MR) is 77.4 cm³/mol. The monoisotopic (exact) mass is 329 g/mol. The second-order valence-corrected chi connectivity index (χ2v) is 5.92. The number of benzene rings is 1. The predicted octanol–water partition coefficient (Wildman–Crippen LogP) is 1.95. The first-order valence-electron chi connectivity index (χ1n) is 5.68. The summed E-state index contributed by atoms with van der Waals surface area (Å²) < 4.78 is 36.9. The molecule has 1 aromatic carbocycles. The molecule has 0 atom stereocenters. The van der Waals surface area contributed by atoms with Crippen LogP contribution in [0.1, 0.15) is 0 Å². The van der Waals surface area contributed by atoms with Crippen LogP contribution in [0.3, 0.4) is 0 Å². The zero-order valence-electron chi connectivity index (χ0n) is 11.2. The highest BCUT2D eigenvalue weighted by molar-refractivity contribution is 7.92. The smallest absolute Gasteiger partial charge is 0.263 e. The van der Waals surface area contributed by atoms with Crippen molar-refractivity contribution in [3.8, 4) is 11.5 Å². The maximum atomic E-state index is 12.2. The van der Waals surface area contributed by atoms with Gasteiger partial charge < -0.3 is 9.47 Å². The summed E-state index contributed by atoms with van der Waals surface area (Å²) in [5.41, 5.74) is 0. The van der Waals surface area contributed by atoms with E-state index in [4.69, 9.17) is 21.1 Å². The zero-order valence-corrected chi connectivity index (χ0v) is 12.8. The Balaban J connectivity index is 2.33. The fraction of sp³-hybridized carbons (Fsp3) is 0.167. The lowest BCUT2D eigenvalue weighted by atomic mass is 10.3. The Hall–Kier alpha value is -2.06. The molecule has 0 spiro atoms. The molecule has 1 heterocycles. The molecular weight excluding hydrogens is 318 g/mol. The third kappa shape index (κ3) is 3.53. The average Bonchev–Trinajstić information content (AvgIpc) is 2.48. The highest BCUT2D eigenvalue weighted by Gasteiger charge is 2.17. The molecule has 112 valence electrons. The first kappa shape index (κ1) is 15.3. The Kier molecular flexibility index (Phi) is 4.49. The molecule has 0 fully saturated rings. The number of hydrogen-bond acceptors (Lipinski definition) is 6. The summed E-state index contributed by atoms with van der Waals surface area (Å²) >= 11 is 5.59. The third-order valence-corrected chi connectivity index (χ3v) is 4.07. The normalized spacial score (nSPS) is 11.0. The highest BCUT2D eigenvalue weighted by Crippen LogP contribution is 2.29. The zero-order chi connectivity index (χ0) is 15.5. The lowest BCUT2D eigenvalue weighted by Crippen LogP contribution is -2.14. The summed E-state index contributed by atoms with van der Waals surface area (Å²) in [5.74, 6) is 0.805. The Bertz CT molecular complexity index is 735. The fourth-order valence-corrected chi connectivity index (χ4v) is 2.65. The van der Waals surface area contributed by atoms with Crippen LogP contribution in [0.2, 0.25) is 5.15 Å². The van der Waals surface area contributed by atoms with Crippen molar-refractivity contribution < 1.29 is 17.9 Å². The van der Waals surface area contributed by atoms with Crippen molar-refractivity contribution >= 4 is 27.4 Å². The Morgan fingerprint density at radius 1 is 1.10 bits per heavy atom. The van der Waals surface area contributed by atoms with E-state index in [2.05, 4.69) is 14.7 Å². The van der Waals surface area contributed by atoms with E-state index < -0.39 is 10.0 Å².